The topological polar surface area (TPSA) is 88.3 Å². The van der Waals surface area contributed by atoms with E-state index in [9.17, 15) is 4.79 Å². The van der Waals surface area contributed by atoms with E-state index in [1.807, 2.05) is 31.3 Å². The van der Waals surface area contributed by atoms with Gasteiger partial charge in [-0.25, -0.2) is 4.98 Å². The molecule has 1 aliphatic heterocycles. The van der Waals surface area contributed by atoms with Gasteiger partial charge in [-0.1, -0.05) is 12.1 Å². The van der Waals surface area contributed by atoms with Crippen molar-refractivity contribution in [2.75, 3.05) is 26.8 Å². The summed E-state index contributed by atoms with van der Waals surface area (Å²) in [4.78, 5) is 20.1. The fourth-order valence-corrected chi connectivity index (χ4v) is 4.05. The lowest BCUT2D eigenvalue weighted by Gasteiger charge is -2.20. The zero-order valence-electron chi connectivity index (χ0n) is 17.4. The Morgan fingerprint density at radius 1 is 1.27 bits per heavy atom. The van der Waals surface area contributed by atoms with Crippen molar-refractivity contribution in [2.24, 2.45) is 0 Å². The van der Waals surface area contributed by atoms with Crippen LogP contribution in [0.4, 0.5) is 0 Å². The molecule has 3 N–H and O–H groups in total. The lowest BCUT2D eigenvalue weighted by atomic mass is 9.91. The largest absolute Gasteiger partial charge is 0.457 e. The molecule has 3 heterocycles. The molecule has 1 saturated heterocycles. The minimum atomic E-state index is -0.207. The maximum Gasteiger partial charge on any atom is 0.237 e. The predicted octanol–water partition coefficient (Wildman–Crippen LogP) is 3.26. The SMILES string of the molecule is COCCCNC(=O)[C@H]1NCC[C@@H]1c1ccc(Oc2ccnc3[nH]cc(C)c23)cc1. The van der Waals surface area contributed by atoms with E-state index in [0.29, 0.717) is 13.2 Å². The summed E-state index contributed by atoms with van der Waals surface area (Å²) in [7, 11) is 1.67. The van der Waals surface area contributed by atoms with Gasteiger partial charge < -0.3 is 25.1 Å². The second-order valence-electron chi connectivity index (χ2n) is 7.64. The molecule has 7 nitrogen and oxygen atoms in total. The molecule has 0 aliphatic carbocycles. The summed E-state index contributed by atoms with van der Waals surface area (Å²) in [5, 5.41) is 7.34. The Labute approximate surface area is 176 Å². The van der Waals surface area contributed by atoms with Gasteiger partial charge in [0.05, 0.1) is 11.4 Å². The average Bonchev–Trinajstić information content (AvgIpc) is 3.40. The first-order valence-electron chi connectivity index (χ1n) is 10.4. The van der Waals surface area contributed by atoms with Gasteiger partial charge in [0.2, 0.25) is 5.91 Å². The van der Waals surface area contributed by atoms with Gasteiger partial charge in [0.25, 0.3) is 0 Å². The summed E-state index contributed by atoms with van der Waals surface area (Å²) in [5.74, 6) is 1.75. The van der Waals surface area contributed by atoms with Crippen molar-refractivity contribution in [1.29, 1.82) is 0 Å². The van der Waals surface area contributed by atoms with Crippen LogP contribution in [0.25, 0.3) is 11.0 Å². The number of nitrogens with one attached hydrogen (secondary N) is 3. The number of benzene rings is 1. The van der Waals surface area contributed by atoms with E-state index in [0.717, 1.165) is 53.0 Å². The number of aryl methyl sites for hydroxylation is 1. The number of H-pyrrole nitrogens is 1. The van der Waals surface area contributed by atoms with Gasteiger partial charge in [-0.3, -0.25) is 4.79 Å². The zero-order chi connectivity index (χ0) is 20.9. The number of carbonyl (C=O) groups is 1. The molecule has 2 atom stereocenters. The van der Waals surface area contributed by atoms with Crippen LogP contribution < -0.4 is 15.4 Å². The third-order valence-electron chi connectivity index (χ3n) is 5.60. The number of ether oxygens (including phenoxy) is 2. The van der Waals surface area contributed by atoms with Crippen LogP contribution in [0.2, 0.25) is 0 Å². The van der Waals surface area contributed by atoms with E-state index in [2.05, 4.69) is 32.7 Å². The van der Waals surface area contributed by atoms with Crippen molar-refractivity contribution in [3.8, 4) is 11.5 Å². The summed E-state index contributed by atoms with van der Waals surface area (Å²) in [5.41, 5.74) is 3.06. The Kier molecular flexibility index (Phi) is 6.30. The molecule has 1 aliphatic rings. The monoisotopic (exact) mass is 408 g/mol. The van der Waals surface area contributed by atoms with Crippen molar-refractivity contribution in [3.63, 3.8) is 0 Å². The Morgan fingerprint density at radius 3 is 2.90 bits per heavy atom. The number of amides is 1. The molecule has 0 bridgehead atoms. The smallest absolute Gasteiger partial charge is 0.237 e. The summed E-state index contributed by atoms with van der Waals surface area (Å²) >= 11 is 0. The number of fused-ring (bicyclic) bond motifs is 1. The molecule has 1 amide bonds. The molecule has 0 unspecified atom stereocenters. The molecule has 4 rings (SSSR count). The number of pyridine rings is 1. The molecular weight excluding hydrogens is 380 g/mol. The van der Waals surface area contributed by atoms with E-state index >= 15 is 0 Å². The third kappa shape index (κ3) is 4.32. The molecule has 30 heavy (non-hydrogen) atoms. The van der Waals surface area contributed by atoms with E-state index in [4.69, 9.17) is 9.47 Å². The van der Waals surface area contributed by atoms with Crippen molar-refractivity contribution in [3.05, 3.63) is 53.9 Å². The van der Waals surface area contributed by atoms with E-state index in [1.165, 1.54) is 0 Å². The van der Waals surface area contributed by atoms with Crippen molar-refractivity contribution >= 4 is 16.9 Å². The van der Waals surface area contributed by atoms with E-state index < -0.39 is 0 Å². The van der Waals surface area contributed by atoms with Crippen LogP contribution in [0.3, 0.4) is 0 Å². The average molecular weight is 409 g/mol. The highest BCUT2D eigenvalue weighted by molar-refractivity contribution is 5.86. The minimum Gasteiger partial charge on any atom is -0.457 e. The van der Waals surface area contributed by atoms with Gasteiger partial charge in [0, 0.05) is 38.6 Å². The highest BCUT2D eigenvalue weighted by atomic mass is 16.5. The number of carbonyl (C=O) groups excluding carboxylic acids is 1. The number of methoxy groups -OCH3 is 1. The molecule has 7 heteroatoms. The maximum atomic E-state index is 12.6. The van der Waals surface area contributed by atoms with Crippen LogP contribution in [0.15, 0.2) is 42.7 Å². The zero-order valence-corrected chi connectivity index (χ0v) is 17.4. The molecule has 0 radical (unpaired) electrons. The van der Waals surface area contributed by atoms with Crippen LogP contribution >= 0.6 is 0 Å². The number of nitrogens with zero attached hydrogens (tertiary/aromatic N) is 1. The Bertz CT molecular complexity index is 999. The lowest BCUT2D eigenvalue weighted by Crippen LogP contribution is -2.43. The Balaban J connectivity index is 1.43. The highest BCUT2D eigenvalue weighted by Gasteiger charge is 2.33. The molecule has 0 spiro atoms. The number of aromatic amines is 1. The van der Waals surface area contributed by atoms with Gasteiger partial charge in [-0.15, -0.1) is 0 Å². The molecular formula is C23H28N4O3. The van der Waals surface area contributed by atoms with Gasteiger partial charge in [-0.05, 0) is 55.6 Å². The fraction of sp³-hybridized carbons (Fsp3) is 0.391. The molecule has 3 aromatic rings. The quantitative estimate of drug-likeness (QED) is 0.498. The summed E-state index contributed by atoms with van der Waals surface area (Å²) < 4.78 is 11.2. The van der Waals surface area contributed by atoms with Crippen LogP contribution in [0.1, 0.15) is 29.9 Å². The van der Waals surface area contributed by atoms with Gasteiger partial charge in [0.15, 0.2) is 0 Å². The fourth-order valence-electron chi connectivity index (χ4n) is 4.05. The first kappa shape index (κ1) is 20.4. The Hall–Kier alpha value is -2.90. The van der Waals surface area contributed by atoms with E-state index in [-0.39, 0.29) is 17.9 Å². The number of aromatic nitrogens is 2. The van der Waals surface area contributed by atoms with Crippen LogP contribution in [0.5, 0.6) is 11.5 Å². The summed E-state index contributed by atoms with van der Waals surface area (Å²) in [6.07, 6.45) is 5.42. The van der Waals surface area contributed by atoms with Gasteiger partial charge in [0.1, 0.15) is 17.1 Å². The van der Waals surface area contributed by atoms with Crippen molar-refractivity contribution in [2.45, 2.75) is 31.7 Å². The van der Waals surface area contributed by atoms with Crippen LogP contribution in [-0.4, -0.2) is 48.7 Å². The molecule has 0 saturated carbocycles. The Morgan fingerprint density at radius 2 is 2.10 bits per heavy atom. The first-order valence-corrected chi connectivity index (χ1v) is 10.4. The minimum absolute atomic E-state index is 0.0519. The molecule has 1 fully saturated rings. The second kappa shape index (κ2) is 9.28. The highest BCUT2D eigenvalue weighted by Crippen LogP contribution is 2.33. The lowest BCUT2D eigenvalue weighted by molar-refractivity contribution is -0.123. The molecule has 1 aromatic carbocycles. The molecule has 158 valence electrons. The van der Waals surface area contributed by atoms with E-state index in [1.54, 1.807) is 13.3 Å². The molecule has 2 aromatic heterocycles. The second-order valence-corrected chi connectivity index (χ2v) is 7.64. The first-order chi connectivity index (χ1) is 14.7. The van der Waals surface area contributed by atoms with Crippen molar-refractivity contribution in [1.82, 2.24) is 20.6 Å². The number of hydrogen-bond donors (Lipinski definition) is 3. The van der Waals surface area contributed by atoms with Gasteiger partial charge >= 0.3 is 0 Å². The predicted molar refractivity (Wildman–Crippen MR) is 116 cm³/mol. The summed E-state index contributed by atoms with van der Waals surface area (Å²) in [6.45, 7) is 4.14. The van der Waals surface area contributed by atoms with Gasteiger partial charge in [-0.2, -0.15) is 0 Å². The maximum absolute atomic E-state index is 12.6. The standard InChI is InChI=1S/C23H28N4O3/c1-15-14-27-22-20(15)19(9-12-25-22)30-17-6-4-16(5-7-17)18-8-11-24-21(18)23(28)26-10-3-13-29-2/h4-7,9,12,14,18,21,24H,3,8,10-11,13H2,1-2H3,(H,25,27)(H,26,28)/t18-,21+/m1/s1. The number of hydrogen-bond acceptors (Lipinski definition) is 5. The van der Waals surface area contributed by atoms with Crippen molar-refractivity contribution < 1.29 is 14.3 Å². The van der Waals surface area contributed by atoms with Crippen LogP contribution in [-0.2, 0) is 9.53 Å². The third-order valence-corrected chi connectivity index (χ3v) is 5.60. The van der Waals surface area contributed by atoms with Crippen LogP contribution in [0, 0.1) is 6.92 Å². The summed E-state index contributed by atoms with van der Waals surface area (Å²) in [6, 6.07) is 9.72. The normalized spacial score (nSPS) is 18.6. The number of rotatable bonds is 8.